The van der Waals surface area contributed by atoms with E-state index in [4.69, 9.17) is 4.74 Å². The van der Waals surface area contributed by atoms with Gasteiger partial charge in [-0.15, -0.1) is 12.4 Å². The van der Waals surface area contributed by atoms with Crippen molar-refractivity contribution in [3.63, 3.8) is 0 Å². The summed E-state index contributed by atoms with van der Waals surface area (Å²) in [4.78, 5) is 13.8. The highest BCUT2D eigenvalue weighted by atomic mass is 35.5. The number of benzene rings is 2. The number of nitrogens with one attached hydrogen (secondary N) is 1. The van der Waals surface area contributed by atoms with Crippen LogP contribution in [0.15, 0.2) is 42.5 Å². The van der Waals surface area contributed by atoms with Crippen LogP contribution in [0.2, 0.25) is 0 Å². The molecule has 5 heteroatoms. The summed E-state index contributed by atoms with van der Waals surface area (Å²) in [5, 5.41) is 6.11. The molecular formula is C20H27ClN2O2. The maximum absolute atomic E-state index is 11.9. The van der Waals surface area contributed by atoms with Crippen LogP contribution in [-0.4, -0.2) is 42.6 Å². The van der Waals surface area contributed by atoms with Gasteiger partial charge in [0.1, 0.15) is 6.61 Å². The number of rotatable bonds is 5. The van der Waals surface area contributed by atoms with Crippen molar-refractivity contribution in [2.75, 3.05) is 19.7 Å². The van der Waals surface area contributed by atoms with Gasteiger partial charge in [-0.1, -0.05) is 42.5 Å². The molecule has 1 aliphatic rings. The Kier molecular flexibility index (Phi) is 6.82. The lowest BCUT2D eigenvalue weighted by Gasteiger charge is -2.36. The van der Waals surface area contributed by atoms with Crippen LogP contribution < -0.4 is 5.32 Å². The molecule has 1 unspecified atom stereocenters. The average molecular weight is 363 g/mol. The number of halogens is 1. The molecule has 1 N–H and O–H groups in total. The van der Waals surface area contributed by atoms with Crippen LogP contribution in [0.3, 0.4) is 0 Å². The summed E-state index contributed by atoms with van der Waals surface area (Å²) in [6.07, 6.45) is 0.0440. The normalized spacial score (nSPS) is 19.1. The first kappa shape index (κ1) is 19.7. The van der Waals surface area contributed by atoms with Crippen molar-refractivity contribution < 1.29 is 9.53 Å². The number of ether oxygens (including phenoxy) is 1. The summed E-state index contributed by atoms with van der Waals surface area (Å²) in [5.41, 5.74) is 1.29. The van der Waals surface area contributed by atoms with Crippen LogP contribution in [0.25, 0.3) is 10.8 Å². The molecule has 1 fully saturated rings. The van der Waals surface area contributed by atoms with E-state index in [1.165, 1.54) is 16.3 Å². The Balaban J connectivity index is 0.00000225. The Morgan fingerprint density at radius 2 is 1.88 bits per heavy atom. The van der Waals surface area contributed by atoms with E-state index in [9.17, 15) is 4.79 Å². The van der Waals surface area contributed by atoms with E-state index in [1.54, 1.807) is 0 Å². The lowest BCUT2D eigenvalue weighted by atomic mass is 9.99. The Bertz CT molecular complexity index is 714. The molecule has 0 bridgehead atoms. The average Bonchev–Trinajstić information content (AvgIpc) is 2.60. The highest BCUT2D eigenvalue weighted by molar-refractivity contribution is 5.86. The Hall–Kier alpha value is -1.62. The van der Waals surface area contributed by atoms with E-state index >= 15 is 0 Å². The van der Waals surface area contributed by atoms with Gasteiger partial charge in [0.15, 0.2) is 0 Å². The lowest BCUT2D eigenvalue weighted by molar-refractivity contribution is -0.151. The minimum absolute atomic E-state index is 0. The van der Waals surface area contributed by atoms with Crippen LogP contribution >= 0.6 is 12.4 Å². The van der Waals surface area contributed by atoms with Crippen LogP contribution in [0, 0.1) is 0 Å². The van der Waals surface area contributed by atoms with Crippen LogP contribution in [0.5, 0.6) is 0 Å². The third kappa shape index (κ3) is 4.51. The third-order valence-corrected chi connectivity index (χ3v) is 4.73. The summed E-state index contributed by atoms with van der Waals surface area (Å²) in [7, 11) is 0. The molecule has 1 heterocycles. The van der Waals surface area contributed by atoms with Gasteiger partial charge in [0, 0.05) is 25.2 Å². The minimum atomic E-state index is 0. The topological polar surface area (TPSA) is 41.6 Å². The molecule has 25 heavy (non-hydrogen) atoms. The molecule has 136 valence electrons. The van der Waals surface area contributed by atoms with Crippen molar-refractivity contribution in [2.45, 2.75) is 39.0 Å². The van der Waals surface area contributed by atoms with E-state index in [2.05, 4.69) is 54.7 Å². The molecule has 2 atom stereocenters. The number of nitrogens with zero attached hydrogens (tertiary/aromatic N) is 1. The summed E-state index contributed by atoms with van der Waals surface area (Å²) >= 11 is 0. The largest absolute Gasteiger partial charge is 0.365 e. The van der Waals surface area contributed by atoms with Crippen molar-refractivity contribution in [1.82, 2.24) is 10.2 Å². The third-order valence-electron chi connectivity index (χ3n) is 4.73. The zero-order valence-electron chi connectivity index (χ0n) is 15.1. The molecule has 0 aromatic heterocycles. The molecule has 0 saturated carbocycles. The fourth-order valence-corrected chi connectivity index (χ4v) is 3.31. The van der Waals surface area contributed by atoms with Gasteiger partial charge < -0.3 is 15.0 Å². The molecule has 1 saturated heterocycles. The van der Waals surface area contributed by atoms with E-state index < -0.39 is 0 Å². The van der Waals surface area contributed by atoms with Crippen molar-refractivity contribution in [2.24, 2.45) is 0 Å². The second-order valence-corrected chi connectivity index (χ2v) is 6.77. The fraction of sp³-hybridized carbons (Fsp3) is 0.450. The quantitative estimate of drug-likeness (QED) is 0.884. The number of morpholine rings is 1. The lowest BCUT2D eigenvalue weighted by Crippen LogP contribution is -2.52. The van der Waals surface area contributed by atoms with Crippen molar-refractivity contribution in [1.29, 1.82) is 0 Å². The first-order valence-electron chi connectivity index (χ1n) is 8.68. The molecule has 0 spiro atoms. The first-order chi connectivity index (χ1) is 11.6. The second kappa shape index (κ2) is 8.65. The van der Waals surface area contributed by atoms with Gasteiger partial charge in [-0.2, -0.15) is 0 Å². The van der Waals surface area contributed by atoms with Crippen LogP contribution in [0.1, 0.15) is 32.4 Å². The summed E-state index contributed by atoms with van der Waals surface area (Å²) in [6.45, 7) is 7.86. The number of fused-ring (bicyclic) bond motifs is 1. The fourth-order valence-electron chi connectivity index (χ4n) is 3.31. The molecule has 3 rings (SSSR count). The minimum Gasteiger partial charge on any atom is -0.365 e. The van der Waals surface area contributed by atoms with Gasteiger partial charge in [-0.05, 0) is 37.1 Å². The zero-order chi connectivity index (χ0) is 17.1. The van der Waals surface area contributed by atoms with E-state index in [0.717, 1.165) is 6.54 Å². The standard InChI is InChI=1S/C20H26N2O2.ClH/c1-14(2)22-12-17(24-13-20(22)23)11-21-15(3)18-10-6-8-16-7-4-5-9-19(16)18;/h4-10,14-15,17,21H,11-13H2,1-3H3;1H/t15-,17?;/m1./s1. The second-order valence-electron chi connectivity index (χ2n) is 6.77. The summed E-state index contributed by atoms with van der Waals surface area (Å²) in [5.74, 6) is 0.0864. The molecule has 4 nitrogen and oxygen atoms in total. The Labute approximate surface area is 155 Å². The van der Waals surface area contributed by atoms with E-state index in [0.29, 0.717) is 6.54 Å². The van der Waals surface area contributed by atoms with Crippen LogP contribution in [0.4, 0.5) is 0 Å². The molecule has 0 radical (unpaired) electrons. The maximum Gasteiger partial charge on any atom is 0.248 e. The first-order valence-corrected chi connectivity index (χ1v) is 8.68. The highest BCUT2D eigenvalue weighted by Crippen LogP contribution is 2.24. The molecule has 1 aliphatic heterocycles. The van der Waals surface area contributed by atoms with Gasteiger partial charge in [-0.3, -0.25) is 4.79 Å². The summed E-state index contributed by atoms with van der Waals surface area (Å²) in [6, 6.07) is 15.3. The van der Waals surface area contributed by atoms with Crippen LogP contribution in [-0.2, 0) is 9.53 Å². The van der Waals surface area contributed by atoms with Gasteiger partial charge >= 0.3 is 0 Å². The van der Waals surface area contributed by atoms with Crippen molar-refractivity contribution in [3.05, 3.63) is 48.0 Å². The number of hydrogen-bond donors (Lipinski definition) is 1. The number of carbonyl (C=O) groups is 1. The predicted octanol–water partition coefficient (Wildman–Crippen LogP) is 3.55. The predicted molar refractivity (Wildman–Crippen MR) is 104 cm³/mol. The van der Waals surface area contributed by atoms with Gasteiger partial charge in [-0.25, -0.2) is 0 Å². The van der Waals surface area contributed by atoms with Crippen molar-refractivity contribution in [3.8, 4) is 0 Å². The molecule has 1 amide bonds. The van der Waals surface area contributed by atoms with E-state index in [-0.39, 0.29) is 43.1 Å². The zero-order valence-corrected chi connectivity index (χ0v) is 15.9. The number of hydrogen-bond acceptors (Lipinski definition) is 3. The molecule has 2 aromatic carbocycles. The molecule has 0 aliphatic carbocycles. The summed E-state index contributed by atoms with van der Waals surface area (Å²) < 4.78 is 5.69. The number of carbonyl (C=O) groups excluding carboxylic acids is 1. The Morgan fingerprint density at radius 1 is 1.16 bits per heavy atom. The molecular weight excluding hydrogens is 336 g/mol. The molecule has 2 aromatic rings. The smallest absolute Gasteiger partial charge is 0.248 e. The monoisotopic (exact) mass is 362 g/mol. The van der Waals surface area contributed by atoms with Gasteiger partial charge in [0.25, 0.3) is 0 Å². The van der Waals surface area contributed by atoms with E-state index in [1.807, 2.05) is 18.7 Å². The number of amides is 1. The maximum atomic E-state index is 11.9. The van der Waals surface area contributed by atoms with Gasteiger partial charge in [0.2, 0.25) is 5.91 Å². The van der Waals surface area contributed by atoms with Crippen molar-refractivity contribution >= 4 is 29.1 Å². The SMILES string of the molecule is CC(C)N1CC(CN[C@H](C)c2cccc3ccccc23)OCC1=O.Cl. The Morgan fingerprint density at radius 3 is 2.64 bits per heavy atom. The highest BCUT2D eigenvalue weighted by Gasteiger charge is 2.28. The van der Waals surface area contributed by atoms with Gasteiger partial charge in [0.05, 0.1) is 6.10 Å².